The zero-order valence-electron chi connectivity index (χ0n) is 17.1. The van der Waals surface area contributed by atoms with Gasteiger partial charge in [-0.2, -0.15) is 0 Å². The number of morpholine rings is 1. The molecule has 1 saturated heterocycles. The maximum Gasteiger partial charge on any atom is 0.253 e. The number of rotatable bonds is 9. The molecule has 0 spiro atoms. The SMILES string of the molecule is COCCCOc1cc(CN(C(=O)[C@H]2CNCCO2)C2CC2)cc2ccccc12. The van der Waals surface area contributed by atoms with Crippen LogP contribution >= 0.6 is 0 Å². The van der Waals surface area contributed by atoms with Gasteiger partial charge in [-0.05, 0) is 35.9 Å². The van der Waals surface area contributed by atoms with Gasteiger partial charge in [0.2, 0.25) is 0 Å². The van der Waals surface area contributed by atoms with Crippen LogP contribution in [-0.2, 0) is 20.8 Å². The molecule has 1 amide bonds. The van der Waals surface area contributed by atoms with Gasteiger partial charge < -0.3 is 24.4 Å². The summed E-state index contributed by atoms with van der Waals surface area (Å²) in [6.07, 6.45) is 2.60. The minimum absolute atomic E-state index is 0.0930. The molecule has 1 aliphatic heterocycles. The number of benzene rings is 2. The van der Waals surface area contributed by atoms with E-state index in [-0.39, 0.29) is 12.0 Å². The molecule has 4 rings (SSSR count). The largest absolute Gasteiger partial charge is 0.493 e. The number of nitrogens with one attached hydrogen (secondary N) is 1. The Balaban J connectivity index is 1.54. The van der Waals surface area contributed by atoms with Crippen molar-refractivity contribution in [1.29, 1.82) is 0 Å². The molecular weight excluding hydrogens is 368 g/mol. The van der Waals surface area contributed by atoms with E-state index in [1.807, 2.05) is 17.0 Å². The summed E-state index contributed by atoms with van der Waals surface area (Å²) in [5, 5.41) is 5.48. The highest BCUT2D eigenvalue weighted by molar-refractivity contribution is 5.89. The number of carbonyl (C=O) groups excluding carboxylic acids is 1. The molecule has 0 aromatic heterocycles. The summed E-state index contributed by atoms with van der Waals surface area (Å²) < 4.78 is 16.9. The van der Waals surface area contributed by atoms with E-state index in [0.29, 0.717) is 39.0 Å². The lowest BCUT2D eigenvalue weighted by Crippen LogP contribution is -2.49. The first-order chi connectivity index (χ1) is 14.3. The summed E-state index contributed by atoms with van der Waals surface area (Å²) in [4.78, 5) is 15.1. The van der Waals surface area contributed by atoms with Gasteiger partial charge in [0, 0.05) is 51.2 Å². The average molecular weight is 399 g/mol. The minimum Gasteiger partial charge on any atom is -0.493 e. The lowest BCUT2D eigenvalue weighted by molar-refractivity contribution is -0.146. The molecule has 1 heterocycles. The third kappa shape index (κ3) is 5.07. The van der Waals surface area contributed by atoms with Crippen LogP contribution in [0.25, 0.3) is 10.8 Å². The van der Waals surface area contributed by atoms with Gasteiger partial charge in [-0.1, -0.05) is 24.3 Å². The fraction of sp³-hybridized carbons (Fsp3) is 0.522. The van der Waals surface area contributed by atoms with Crippen LogP contribution in [0.4, 0.5) is 0 Å². The van der Waals surface area contributed by atoms with Crippen molar-refractivity contribution in [2.24, 2.45) is 0 Å². The van der Waals surface area contributed by atoms with Crippen molar-refractivity contribution in [3.8, 4) is 5.75 Å². The third-order valence-corrected chi connectivity index (χ3v) is 5.46. The molecule has 1 atom stereocenters. The van der Waals surface area contributed by atoms with Crippen LogP contribution in [0.3, 0.4) is 0 Å². The highest BCUT2D eigenvalue weighted by Crippen LogP contribution is 2.32. The Kier molecular flexibility index (Phi) is 6.64. The molecule has 1 saturated carbocycles. The van der Waals surface area contributed by atoms with E-state index in [4.69, 9.17) is 14.2 Å². The molecular formula is C23H30N2O4. The van der Waals surface area contributed by atoms with Crippen molar-refractivity contribution in [1.82, 2.24) is 10.2 Å². The highest BCUT2D eigenvalue weighted by Gasteiger charge is 2.36. The maximum atomic E-state index is 13.1. The van der Waals surface area contributed by atoms with E-state index in [9.17, 15) is 4.79 Å². The Morgan fingerprint density at radius 3 is 2.86 bits per heavy atom. The van der Waals surface area contributed by atoms with Crippen LogP contribution in [-0.4, -0.2) is 63.0 Å². The molecule has 6 heteroatoms. The zero-order valence-corrected chi connectivity index (χ0v) is 17.1. The fourth-order valence-electron chi connectivity index (χ4n) is 3.81. The Labute approximate surface area is 172 Å². The summed E-state index contributed by atoms with van der Waals surface area (Å²) >= 11 is 0. The second-order valence-corrected chi connectivity index (χ2v) is 7.77. The molecule has 2 aromatic rings. The molecule has 156 valence electrons. The van der Waals surface area contributed by atoms with E-state index in [1.54, 1.807) is 7.11 Å². The molecule has 2 aliphatic rings. The quantitative estimate of drug-likeness (QED) is 0.658. The first-order valence-corrected chi connectivity index (χ1v) is 10.5. The molecule has 2 aromatic carbocycles. The molecule has 29 heavy (non-hydrogen) atoms. The Morgan fingerprint density at radius 1 is 1.24 bits per heavy atom. The average Bonchev–Trinajstić information content (AvgIpc) is 3.60. The van der Waals surface area contributed by atoms with Gasteiger partial charge >= 0.3 is 0 Å². The van der Waals surface area contributed by atoms with Crippen molar-refractivity contribution in [3.63, 3.8) is 0 Å². The van der Waals surface area contributed by atoms with E-state index in [0.717, 1.165) is 47.9 Å². The molecule has 6 nitrogen and oxygen atoms in total. The van der Waals surface area contributed by atoms with Crippen LogP contribution in [0, 0.1) is 0 Å². The topological polar surface area (TPSA) is 60.0 Å². The summed E-state index contributed by atoms with van der Waals surface area (Å²) in [6.45, 7) is 3.85. The Hall–Kier alpha value is -2.15. The molecule has 0 bridgehead atoms. The van der Waals surface area contributed by atoms with Crippen molar-refractivity contribution >= 4 is 16.7 Å². The van der Waals surface area contributed by atoms with Gasteiger partial charge in [0.1, 0.15) is 11.9 Å². The van der Waals surface area contributed by atoms with Crippen LogP contribution in [0.2, 0.25) is 0 Å². The number of nitrogens with zero attached hydrogens (tertiary/aromatic N) is 1. The van der Waals surface area contributed by atoms with Gasteiger partial charge in [-0.15, -0.1) is 0 Å². The number of methoxy groups -OCH3 is 1. The van der Waals surface area contributed by atoms with E-state index in [1.165, 1.54) is 0 Å². The standard InChI is InChI=1S/C23H30N2O4/c1-27-10-4-11-28-21-14-17(13-18-5-2-3-6-20(18)21)16-25(19-7-8-19)23(26)22-15-24-9-12-29-22/h2-3,5-6,13-14,19,22,24H,4,7-12,15-16H2,1H3/t22-/m1/s1. The van der Waals surface area contributed by atoms with E-state index in [2.05, 4.69) is 29.6 Å². The van der Waals surface area contributed by atoms with Crippen molar-refractivity contribution in [2.45, 2.75) is 38.0 Å². The summed E-state index contributed by atoms with van der Waals surface area (Å²) in [6, 6.07) is 12.8. The first kappa shape index (κ1) is 20.1. The van der Waals surface area contributed by atoms with Gasteiger partial charge in [0.25, 0.3) is 5.91 Å². The number of hydrogen-bond donors (Lipinski definition) is 1. The van der Waals surface area contributed by atoms with Crippen LogP contribution in [0.15, 0.2) is 36.4 Å². The highest BCUT2D eigenvalue weighted by atomic mass is 16.5. The van der Waals surface area contributed by atoms with Crippen LogP contribution < -0.4 is 10.1 Å². The van der Waals surface area contributed by atoms with Gasteiger partial charge in [0.15, 0.2) is 0 Å². The Morgan fingerprint density at radius 2 is 2.10 bits per heavy atom. The third-order valence-electron chi connectivity index (χ3n) is 5.46. The van der Waals surface area contributed by atoms with Gasteiger partial charge in [0.05, 0.1) is 13.2 Å². The molecule has 0 unspecified atom stereocenters. The van der Waals surface area contributed by atoms with Gasteiger partial charge in [-0.25, -0.2) is 0 Å². The van der Waals surface area contributed by atoms with Crippen LogP contribution in [0.1, 0.15) is 24.8 Å². The number of hydrogen-bond acceptors (Lipinski definition) is 5. The number of carbonyl (C=O) groups is 1. The fourth-order valence-corrected chi connectivity index (χ4v) is 3.81. The number of amides is 1. The monoisotopic (exact) mass is 398 g/mol. The van der Waals surface area contributed by atoms with Crippen molar-refractivity contribution in [3.05, 3.63) is 42.0 Å². The maximum absolute atomic E-state index is 13.1. The van der Waals surface area contributed by atoms with Crippen molar-refractivity contribution in [2.75, 3.05) is 40.0 Å². The predicted octanol–water partition coefficient (Wildman–Crippen LogP) is 2.73. The van der Waals surface area contributed by atoms with E-state index >= 15 is 0 Å². The second kappa shape index (κ2) is 9.57. The van der Waals surface area contributed by atoms with E-state index < -0.39 is 0 Å². The van der Waals surface area contributed by atoms with Crippen molar-refractivity contribution < 1.29 is 19.0 Å². The number of ether oxygens (including phenoxy) is 3. The lowest BCUT2D eigenvalue weighted by Gasteiger charge is -2.30. The first-order valence-electron chi connectivity index (χ1n) is 10.5. The number of fused-ring (bicyclic) bond motifs is 1. The zero-order chi connectivity index (χ0) is 20.1. The minimum atomic E-state index is -0.380. The molecule has 1 N–H and O–H groups in total. The molecule has 2 fully saturated rings. The second-order valence-electron chi connectivity index (χ2n) is 7.77. The summed E-state index contributed by atoms with van der Waals surface area (Å²) in [5.74, 6) is 0.961. The Bertz CT molecular complexity index is 831. The van der Waals surface area contributed by atoms with Gasteiger partial charge in [-0.3, -0.25) is 4.79 Å². The normalized spacial score (nSPS) is 19.3. The molecule has 1 aliphatic carbocycles. The summed E-state index contributed by atoms with van der Waals surface area (Å²) in [7, 11) is 1.70. The lowest BCUT2D eigenvalue weighted by atomic mass is 10.0. The van der Waals surface area contributed by atoms with Crippen LogP contribution in [0.5, 0.6) is 5.75 Å². The molecule has 0 radical (unpaired) electrons. The predicted molar refractivity (Wildman–Crippen MR) is 112 cm³/mol. The summed E-state index contributed by atoms with van der Waals surface area (Å²) in [5.41, 5.74) is 1.09. The smallest absolute Gasteiger partial charge is 0.253 e.